The standard InChI is InChI=1S/C20H25N5O3/c1-15(26)23-17-6-3-5-16(13-17)14-22-20(21-2)25-10-8-24(9-11-25)19(27)18-7-4-12-28-18/h3-7,12-13H,8-11,14H2,1-2H3,(H,21,22)(H,23,26). The molecule has 3 rings (SSSR count). The Hall–Kier alpha value is -3.29. The number of furan rings is 1. The van der Waals surface area contributed by atoms with E-state index in [1.807, 2.05) is 24.3 Å². The largest absolute Gasteiger partial charge is 0.459 e. The molecule has 28 heavy (non-hydrogen) atoms. The van der Waals surface area contributed by atoms with Gasteiger partial charge in [0.25, 0.3) is 5.91 Å². The Morgan fingerprint density at radius 2 is 1.86 bits per heavy atom. The van der Waals surface area contributed by atoms with Gasteiger partial charge in [-0.15, -0.1) is 0 Å². The summed E-state index contributed by atoms with van der Waals surface area (Å²) < 4.78 is 5.20. The maximum absolute atomic E-state index is 12.4. The summed E-state index contributed by atoms with van der Waals surface area (Å²) in [6, 6.07) is 11.1. The van der Waals surface area contributed by atoms with Crippen molar-refractivity contribution >= 4 is 23.5 Å². The number of guanidine groups is 1. The molecule has 0 radical (unpaired) electrons. The number of piperazine rings is 1. The van der Waals surface area contributed by atoms with Crippen LogP contribution in [0.1, 0.15) is 23.0 Å². The van der Waals surface area contributed by atoms with Crippen LogP contribution in [0.25, 0.3) is 0 Å². The predicted molar refractivity (Wildman–Crippen MR) is 107 cm³/mol. The van der Waals surface area contributed by atoms with Gasteiger partial charge in [0.1, 0.15) is 0 Å². The second-order valence-electron chi connectivity index (χ2n) is 6.54. The van der Waals surface area contributed by atoms with Crippen molar-refractivity contribution in [3.05, 3.63) is 54.0 Å². The fourth-order valence-corrected chi connectivity index (χ4v) is 3.15. The van der Waals surface area contributed by atoms with Crippen molar-refractivity contribution in [2.45, 2.75) is 13.5 Å². The predicted octanol–water partition coefficient (Wildman–Crippen LogP) is 1.77. The van der Waals surface area contributed by atoms with E-state index in [2.05, 4.69) is 20.5 Å². The number of carbonyl (C=O) groups is 2. The molecule has 0 unspecified atom stereocenters. The van der Waals surface area contributed by atoms with Gasteiger partial charge in [-0.25, -0.2) is 0 Å². The SMILES string of the molecule is CN=C(NCc1cccc(NC(C)=O)c1)N1CCN(C(=O)c2ccco2)CC1. The van der Waals surface area contributed by atoms with Crippen LogP contribution in [0.5, 0.6) is 0 Å². The Morgan fingerprint density at radius 3 is 2.50 bits per heavy atom. The molecule has 2 N–H and O–H groups in total. The molecule has 0 spiro atoms. The lowest BCUT2D eigenvalue weighted by molar-refractivity contribution is -0.114. The fraction of sp³-hybridized carbons (Fsp3) is 0.350. The van der Waals surface area contributed by atoms with Gasteiger partial charge in [0.2, 0.25) is 5.91 Å². The van der Waals surface area contributed by atoms with Crippen molar-refractivity contribution in [3.63, 3.8) is 0 Å². The van der Waals surface area contributed by atoms with Crippen LogP contribution in [0.4, 0.5) is 5.69 Å². The number of hydrogen-bond acceptors (Lipinski definition) is 4. The van der Waals surface area contributed by atoms with E-state index >= 15 is 0 Å². The Labute approximate surface area is 164 Å². The van der Waals surface area contributed by atoms with Gasteiger partial charge in [-0.3, -0.25) is 14.6 Å². The summed E-state index contributed by atoms with van der Waals surface area (Å²) in [5, 5.41) is 6.13. The minimum Gasteiger partial charge on any atom is -0.459 e. The second-order valence-corrected chi connectivity index (χ2v) is 6.54. The minimum absolute atomic E-state index is 0.0811. The highest BCUT2D eigenvalue weighted by atomic mass is 16.3. The molecular weight excluding hydrogens is 358 g/mol. The lowest BCUT2D eigenvalue weighted by atomic mass is 10.2. The number of rotatable bonds is 4. The van der Waals surface area contributed by atoms with E-state index in [4.69, 9.17) is 4.42 Å². The van der Waals surface area contributed by atoms with Gasteiger partial charge in [0, 0.05) is 52.4 Å². The average molecular weight is 383 g/mol. The molecule has 0 bridgehead atoms. The van der Waals surface area contributed by atoms with Crippen molar-refractivity contribution < 1.29 is 14.0 Å². The van der Waals surface area contributed by atoms with E-state index in [1.54, 1.807) is 24.1 Å². The minimum atomic E-state index is -0.0946. The van der Waals surface area contributed by atoms with Crippen LogP contribution in [0.2, 0.25) is 0 Å². The Morgan fingerprint density at radius 1 is 1.11 bits per heavy atom. The van der Waals surface area contributed by atoms with Crippen LogP contribution in [0.15, 0.2) is 52.1 Å². The van der Waals surface area contributed by atoms with Crippen LogP contribution >= 0.6 is 0 Å². The third kappa shape index (κ3) is 4.91. The molecule has 0 atom stereocenters. The van der Waals surface area contributed by atoms with Gasteiger partial charge >= 0.3 is 0 Å². The maximum atomic E-state index is 12.4. The number of aliphatic imine (C=N–C) groups is 1. The van der Waals surface area contributed by atoms with E-state index in [-0.39, 0.29) is 11.8 Å². The highest BCUT2D eigenvalue weighted by Crippen LogP contribution is 2.12. The van der Waals surface area contributed by atoms with Gasteiger partial charge in [-0.05, 0) is 29.8 Å². The van der Waals surface area contributed by atoms with Gasteiger partial charge in [0.05, 0.1) is 6.26 Å². The molecule has 1 aromatic heterocycles. The Kier molecular flexibility index (Phi) is 6.31. The number of carbonyl (C=O) groups excluding carboxylic acids is 2. The molecule has 1 saturated heterocycles. The summed E-state index contributed by atoms with van der Waals surface area (Å²) in [6.45, 7) is 4.68. The summed E-state index contributed by atoms with van der Waals surface area (Å²) in [5.41, 5.74) is 1.81. The number of nitrogens with zero attached hydrogens (tertiary/aromatic N) is 3. The molecule has 148 valence electrons. The van der Waals surface area contributed by atoms with E-state index in [0.29, 0.717) is 38.5 Å². The molecule has 1 aliphatic heterocycles. The molecule has 0 aliphatic carbocycles. The molecule has 1 aliphatic rings. The Bertz CT molecular complexity index is 839. The first-order chi connectivity index (χ1) is 13.6. The number of anilines is 1. The summed E-state index contributed by atoms with van der Waals surface area (Å²) >= 11 is 0. The van der Waals surface area contributed by atoms with E-state index in [0.717, 1.165) is 17.2 Å². The van der Waals surface area contributed by atoms with Crippen LogP contribution < -0.4 is 10.6 Å². The first kappa shape index (κ1) is 19.5. The molecule has 1 fully saturated rings. The zero-order valence-corrected chi connectivity index (χ0v) is 16.1. The van der Waals surface area contributed by atoms with E-state index < -0.39 is 0 Å². The zero-order valence-electron chi connectivity index (χ0n) is 16.1. The highest BCUT2D eigenvalue weighted by Gasteiger charge is 2.25. The first-order valence-corrected chi connectivity index (χ1v) is 9.21. The number of benzene rings is 1. The molecular formula is C20H25N5O3. The number of amides is 2. The van der Waals surface area contributed by atoms with E-state index in [9.17, 15) is 9.59 Å². The summed E-state index contributed by atoms with van der Waals surface area (Å²) in [6.07, 6.45) is 1.51. The monoisotopic (exact) mass is 383 g/mol. The third-order valence-electron chi connectivity index (χ3n) is 4.51. The zero-order chi connectivity index (χ0) is 19.9. The van der Waals surface area contributed by atoms with Crippen molar-refractivity contribution in [2.75, 3.05) is 38.5 Å². The molecule has 8 nitrogen and oxygen atoms in total. The molecule has 2 heterocycles. The van der Waals surface area contributed by atoms with Crippen LogP contribution in [-0.2, 0) is 11.3 Å². The van der Waals surface area contributed by atoms with Crippen LogP contribution in [0.3, 0.4) is 0 Å². The third-order valence-corrected chi connectivity index (χ3v) is 4.51. The van der Waals surface area contributed by atoms with Crippen LogP contribution in [-0.4, -0.2) is 60.8 Å². The summed E-state index contributed by atoms with van der Waals surface area (Å²) in [5.74, 6) is 0.982. The lowest BCUT2D eigenvalue weighted by Gasteiger charge is -2.36. The Balaban J connectivity index is 1.52. The molecule has 2 aromatic rings. The quantitative estimate of drug-likeness (QED) is 0.620. The van der Waals surface area contributed by atoms with Gasteiger partial charge < -0.3 is 24.9 Å². The highest BCUT2D eigenvalue weighted by molar-refractivity contribution is 5.91. The molecule has 2 amide bonds. The second kappa shape index (κ2) is 9.07. The topological polar surface area (TPSA) is 90.2 Å². The average Bonchev–Trinajstić information content (AvgIpc) is 3.23. The van der Waals surface area contributed by atoms with Crippen molar-refractivity contribution in [2.24, 2.45) is 4.99 Å². The first-order valence-electron chi connectivity index (χ1n) is 9.21. The normalized spacial score (nSPS) is 14.7. The lowest BCUT2D eigenvalue weighted by Crippen LogP contribution is -2.53. The molecule has 8 heteroatoms. The van der Waals surface area contributed by atoms with Crippen molar-refractivity contribution in [3.8, 4) is 0 Å². The summed E-state index contributed by atoms with van der Waals surface area (Å²) in [7, 11) is 1.75. The van der Waals surface area contributed by atoms with Crippen molar-refractivity contribution in [1.82, 2.24) is 15.1 Å². The van der Waals surface area contributed by atoms with E-state index in [1.165, 1.54) is 13.2 Å². The molecule has 1 aromatic carbocycles. The van der Waals surface area contributed by atoms with Crippen LogP contribution in [0, 0.1) is 0 Å². The van der Waals surface area contributed by atoms with Gasteiger partial charge in [-0.2, -0.15) is 0 Å². The van der Waals surface area contributed by atoms with Gasteiger partial charge in [-0.1, -0.05) is 12.1 Å². The maximum Gasteiger partial charge on any atom is 0.289 e. The summed E-state index contributed by atoms with van der Waals surface area (Å²) in [4.78, 5) is 31.8. The van der Waals surface area contributed by atoms with Gasteiger partial charge in [0.15, 0.2) is 11.7 Å². The fourth-order valence-electron chi connectivity index (χ4n) is 3.15. The number of nitrogens with one attached hydrogen (secondary N) is 2. The number of hydrogen-bond donors (Lipinski definition) is 2. The smallest absolute Gasteiger partial charge is 0.289 e. The molecule has 0 saturated carbocycles. The van der Waals surface area contributed by atoms with Crippen molar-refractivity contribution in [1.29, 1.82) is 0 Å².